The Morgan fingerprint density at radius 3 is 2.32 bits per heavy atom. The summed E-state index contributed by atoms with van der Waals surface area (Å²) in [4.78, 5) is 0. The van der Waals surface area contributed by atoms with Crippen LogP contribution in [-0.4, -0.2) is 32.9 Å². The summed E-state index contributed by atoms with van der Waals surface area (Å²) in [5.41, 5.74) is 4.00. The lowest BCUT2D eigenvalue weighted by atomic mass is 9.77. The van der Waals surface area contributed by atoms with E-state index in [1.807, 2.05) is 0 Å². The highest BCUT2D eigenvalue weighted by Crippen LogP contribution is 2.36. The van der Waals surface area contributed by atoms with Crippen molar-refractivity contribution in [1.29, 1.82) is 0 Å². The highest BCUT2D eigenvalue weighted by Gasteiger charge is 2.41. The van der Waals surface area contributed by atoms with Gasteiger partial charge < -0.3 is 14.8 Å². The summed E-state index contributed by atoms with van der Waals surface area (Å²) in [6.45, 7) is 6.94. The fourth-order valence-corrected chi connectivity index (χ4v) is 2.92. The average Bonchev–Trinajstić information content (AvgIpc) is 3.11. The number of rotatable bonds is 5. The normalized spacial score (nSPS) is 21.0. The molecule has 1 saturated carbocycles. The van der Waals surface area contributed by atoms with Gasteiger partial charge in [-0.2, -0.15) is 0 Å². The molecule has 1 aromatic carbocycles. The van der Waals surface area contributed by atoms with E-state index in [1.165, 1.54) is 29.5 Å². The van der Waals surface area contributed by atoms with Crippen molar-refractivity contribution in [2.45, 2.75) is 38.1 Å². The van der Waals surface area contributed by atoms with E-state index in [-0.39, 0.29) is 5.41 Å². The molecule has 1 heterocycles. The van der Waals surface area contributed by atoms with Crippen LogP contribution in [0.2, 0.25) is 0 Å². The van der Waals surface area contributed by atoms with Crippen LogP contribution in [0.4, 0.5) is 0 Å². The van der Waals surface area contributed by atoms with Gasteiger partial charge in [0.25, 0.3) is 0 Å². The molecule has 0 spiro atoms. The molecule has 1 aliphatic carbocycles. The number of aryl methyl sites for hydroxylation is 2. The molecule has 3 rings (SSSR count). The van der Waals surface area contributed by atoms with E-state index >= 15 is 0 Å². The monoisotopic (exact) mass is 261 g/mol. The van der Waals surface area contributed by atoms with Crippen LogP contribution in [-0.2, 0) is 10.2 Å². The van der Waals surface area contributed by atoms with Crippen molar-refractivity contribution in [1.82, 2.24) is 5.32 Å². The van der Waals surface area contributed by atoms with E-state index in [2.05, 4.69) is 31.3 Å². The van der Waals surface area contributed by atoms with Crippen molar-refractivity contribution >= 4 is 0 Å². The van der Waals surface area contributed by atoms with Crippen LogP contribution in [0.3, 0.4) is 0 Å². The summed E-state index contributed by atoms with van der Waals surface area (Å²) in [7, 11) is 1.74. The van der Waals surface area contributed by atoms with Gasteiger partial charge in [-0.3, -0.25) is 0 Å². The van der Waals surface area contributed by atoms with E-state index in [1.54, 1.807) is 7.11 Å². The van der Waals surface area contributed by atoms with Crippen LogP contribution in [0.15, 0.2) is 12.1 Å². The smallest absolute Gasteiger partial charge is 0.124 e. The molecule has 2 aliphatic rings. The van der Waals surface area contributed by atoms with Crippen molar-refractivity contribution < 1.29 is 9.47 Å². The van der Waals surface area contributed by atoms with Crippen molar-refractivity contribution in [3.63, 3.8) is 0 Å². The van der Waals surface area contributed by atoms with Gasteiger partial charge >= 0.3 is 0 Å². The molecule has 0 bridgehead atoms. The molecule has 0 radical (unpaired) electrons. The molecule has 2 fully saturated rings. The molecule has 1 aliphatic heterocycles. The van der Waals surface area contributed by atoms with Crippen molar-refractivity contribution in [3.05, 3.63) is 28.8 Å². The van der Waals surface area contributed by atoms with Gasteiger partial charge in [-0.25, -0.2) is 0 Å². The molecule has 104 valence electrons. The third-order valence-electron chi connectivity index (χ3n) is 4.34. The molecule has 1 aromatic rings. The number of hydrogen-bond acceptors (Lipinski definition) is 3. The van der Waals surface area contributed by atoms with E-state index in [0.29, 0.717) is 0 Å². The number of hydrogen-bond donors (Lipinski definition) is 1. The first kappa shape index (κ1) is 12.9. The largest absolute Gasteiger partial charge is 0.496 e. The Balaban J connectivity index is 1.85. The predicted molar refractivity (Wildman–Crippen MR) is 76.0 cm³/mol. The SMILES string of the molecule is COc1c(C)cc(C2(CNC3CC3)COC2)cc1C. The zero-order chi connectivity index (χ0) is 13.5. The Kier molecular flexibility index (Phi) is 3.27. The summed E-state index contributed by atoms with van der Waals surface area (Å²) in [6, 6.07) is 5.28. The fourth-order valence-electron chi connectivity index (χ4n) is 2.92. The third kappa shape index (κ3) is 2.37. The second-order valence-electron chi connectivity index (χ2n) is 6.07. The highest BCUT2D eigenvalue weighted by molar-refractivity contribution is 5.46. The van der Waals surface area contributed by atoms with E-state index in [4.69, 9.17) is 9.47 Å². The van der Waals surface area contributed by atoms with Crippen LogP contribution in [0.5, 0.6) is 5.75 Å². The van der Waals surface area contributed by atoms with Gasteiger partial charge in [0.1, 0.15) is 5.75 Å². The molecular formula is C16H23NO2. The van der Waals surface area contributed by atoms with E-state index in [9.17, 15) is 0 Å². The molecule has 19 heavy (non-hydrogen) atoms. The van der Waals surface area contributed by atoms with Crippen LogP contribution in [0, 0.1) is 13.8 Å². The second-order valence-corrected chi connectivity index (χ2v) is 6.07. The maximum Gasteiger partial charge on any atom is 0.124 e. The maximum atomic E-state index is 5.51. The lowest BCUT2D eigenvalue weighted by Crippen LogP contribution is -2.53. The summed E-state index contributed by atoms with van der Waals surface area (Å²) in [6.07, 6.45) is 2.66. The first-order valence-electron chi connectivity index (χ1n) is 7.11. The first-order chi connectivity index (χ1) is 9.14. The molecule has 3 heteroatoms. The van der Waals surface area contributed by atoms with Crippen LogP contribution < -0.4 is 10.1 Å². The van der Waals surface area contributed by atoms with Gasteiger partial charge in [0, 0.05) is 12.6 Å². The minimum Gasteiger partial charge on any atom is -0.496 e. The minimum absolute atomic E-state index is 0.171. The lowest BCUT2D eigenvalue weighted by molar-refractivity contribution is -0.0592. The molecule has 3 nitrogen and oxygen atoms in total. The molecule has 0 amide bonds. The van der Waals surface area contributed by atoms with Crippen molar-refractivity contribution in [2.75, 3.05) is 26.9 Å². The zero-order valence-corrected chi connectivity index (χ0v) is 12.1. The molecular weight excluding hydrogens is 238 g/mol. The number of ether oxygens (including phenoxy) is 2. The summed E-state index contributed by atoms with van der Waals surface area (Å²) in [5.74, 6) is 1.01. The highest BCUT2D eigenvalue weighted by atomic mass is 16.5. The van der Waals surface area contributed by atoms with Crippen LogP contribution in [0.25, 0.3) is 0 Å². The zero-order valence-electron chi connectivity index (χ0n) is 12.1. The van der Waals surface area contributed by atoms with E-state index in [0.717, 1.165) is 31.5 Å². The minimum atomic E-state index is 0.171. The molecule has 0 atom stereocenters. The Morgan fingerprint density at radius 2 is 1.89 bits per heavy atom. The Bertz CT molecular complexity index is 453. The summed E-state index contributed by atoms with van der Waals surface area (Å²) >= 11 is 0. The Labute approximate surface area is 115 Å². The summed E-state index contributed by atoms with van der Waals surface area (Å²) < 4.78 is 11.0. The third-order valence-corrected chi connectivity index (χ3v) is 4.34. The Morgan fingerprint density at radius 1 is 1.26 bits per heavy atom. The van der Waals surface area contributed by atoms with Crippen LogP contribution >= 0.6 is 0 Å². The van der Waals surface area contributed by atoms with Gasteiger partial charge in [0.05, 0.1) is 25.7 Å². The quantitative estimate of drug-likeness (QED) is 0.882. The number of methoxy groups -OCH3 is 1. The molecule has 1 N–H and O–H groups in total. The van der Waals surface area contributed by atoms with Crippen LogP contribution in [0.1, 0.15) is 29.5 Å². The van der Waals surface area contributed by atoms with Gasteiger partial charge in [-0.05, 0) is 43.4 Å². The standard InChI is InChI=1S/C16H23NO2/c1-11-6-13(7-12(2)15(11)18-3)16(9-19-10-16)8-17-14-4-5-14/h6-7,14,17H,4-5,8-10H2,1-3H3. The second kappa shape index (κ2) is 4.80. The topological polar surface area (TPSA) is 30.5 Å². The average molecular weight is 261 g/mol. The molecule has 0 unspecified atom stereocenters. The molecule has 1 saturated heterocycles. The van der Waals surface area contributed by atoms with Gasteiger partial charge in [0.2, 0.25) is 0 Å². The lowest BCUT2D eigenvalue weighted by Gasteiger charge is -2.42. The predicted octanol–water partition coefficient (Wildman–Crippen LogP) is 2.33. The van der Waals surface area contributed by atoms with Crippen molar-refractivity contribution in [3.8, 4) is 5.75 Å². The van der Waals surface area contributed by atoms with E-state index < -0.39 is 0 Å². The molecule has 0 aromatic heterocycles. The number of benzene rings is 1. The Hall–Kier alpha value is -1.06. The van der Waals surface area contributed by atoms with Gasteiger partial charge in [-0.15, -0.1) is 0 Å². The van der Waals surface area contributed by atoms with Crippen molar-refractivity contribution in [2.24, 2.45) is 0 Å². The first-order valence-corrected chi connectivity index (χ1v) is 7.11. The number of nitrogens with one attached hydrogen (secondary N) is 1. The van der Waals surface area contributed by atoms with Gasteiger partial charge in [-0.1, -0.05) is 12.1 Å². The van der Waals surface area contributed by atoms with Gasteiger partial charge in [0.15, 0.2) is 0 Å². The fraction of sp³-hybridized carbons (Fsp3) is 0.625. The maximum absolute atomic E-state index is 5.51. The summed E-state index contributed by atoms with van der Waals surface area (Å²) in [5, 5.41) is 3.65.